The smallest absolute Gasteiger partial charge is 0.271 e. The Bertz CT molecular complexity index is 1860. The molecule has 188 valence electrons. The molecule has 0 bridgehead atoms. The Hall–Kier alpha value is -4.34. The number of carbonyl (C=O) groups is 1. The van der Waals surface area contributed by atoms with Crippen LogP contribution in [0.5, 0.6) is 0 Å². The number of fused-ring (bicyclic) bond motifs is 1. The summed E-state index contributed by atoms with van der Waals surface area (Å²) in [7, 11) is 0. The number of nitrogens with one attached hydrogen (secondary N) is 2. The van der Waals surface area contributed by atoms with Crippen LogP contribution in [0.4, 0.5) is 5.69 Å². The molecular formula is C29H23N5O2S2. The minimum atomic E-state index is -0.574. The Morgan fingerprint density at radius 2 is 1.84 bits per heavy atom. The number of aromatic nitrogens is 3. The van der Waals surface area contributed by atoms with Crippen molar-refractivity contribution in [3.8, 4) is 11.3 Å². The van der Waals surface area contributed by atoms with E-state index in [2.05, 4.69) is 15.5 Å². The molecule has 9 heteroatoms. The lowest BCUT2D eigenvalue weighted by molar-refractivity contribution is -0.113. The van der Waals surface area contributed by atoms with Gasteiger partial charge >= 0.3 is 0 Å². The summed E-state index contributed by atoms with van der Waals surface area (Å²) in [5, 5.41) is 12.2. The standard InChI is InChI=1S/C29H23N5O2S2/c1-17-9-6-7-12-21(17)32-27(35)24-18(2)31-29-34(26(24)22-13-8-14-37-22)28(36)23(38-29)15-20-16-30-33-25(20)19-10-4-3-5-11-19/h3-16,26H,1-2H3,(H,30,33)(H,32,35)/b23-15+/t26-/m0/s1. The molecule has 1 aliphatic rings. The van der Waals surface area contributed by atoms with Crippen molar-refractivity contribution in [1.29, 1.82) is 0 Å². The first kappa shape index (κ1) is 24.0. The van der Waals surface area contributed by atoms with Crippen LogP contribution in [0, 0.1) is 6.92 Å². The number of anilines is 1. The molecule has 1 amide bonds. The van der Waals surface area contributed by atoms with E-state index in [9.17, 15) is 9.59 Å². The first-order valence-corrected chi connectivity index (χ1v) is 13.7. The highest BCUT2D eigenvalue weighted by atomic mass is 32.1. The van der Waals surface area contributed by atoms with Crippen LogP contribution >= 0.6 is 22.7 Å². The zero-order valence-electron chi connectivity index (χ0n) is 20.6. The quantitative estimate of drug-likeness (QED) is 0.342. The number of aromatic amines is 1. The summed E-state index contributed by atoms with van der Waals surface area (Å²) in [5.74, 6) is -0.269. The second-order valence-electron chi connectivity index (χ2n) is 8.93. The maximum atomic E-state index is 13.9. The number of H-pyrrole nitrogens is 1. The second-order valence-corrected chi connectivity index (χ2v) is 10.9. The monoisotopic (exact) mass is 537 g/mol. The number of carbonyl (C=O) groups excluding carboxylic acids is 1. The van der Waals surface area contributed by atoms with E-state index < -0.39 is 6.04 Å². The summed E-state index contributed by atoms with van der Waals surface area (Å²) in [6.45, 7) is 3.77. The highest BCUT2D eigenvalue weighted by molar-refractivity contribution is 7.10. The van der Waals surface area contributed by atoms with E-state index in [0.29, 0.717) is 20.6 Å². The van der Waals surface area contributed by atoms with E-state index >= 15 is 0 Å². The number of allylic oxidation sites excluding steroid dienone is 1. The molecule has 7 nitrogen and oxygen atoms in total. The number of amides is 1. The van der Waals surface area contributed by atoms with Gasteiger partial charge in [0, 0.05) is 21.7 Å². The molecular weight excluding hydrogens is 514 g/mol. The third kappa shape index (κ3) is 4.25. The summed E-state index contributed by atoms with van der Waals surface area (Å²) in [6.07, 6.45) is 3.55. The Morgan fingerprint density at radius 3 is 2.61 bits per heavy atom. The molecule has 2 N–H and O–H groups in total. The van der Waals surface area contributed by atoms with Crippen LogP contribution < -0.4 is 20.2 Å². The number of nitrogens with zero attached hydrogens (tertiary/aromatic N) is 3. The molecule has 0 radical (unpaired) electrons. The molecule has 5 aromatic rings. The average molecular weight is 538 g/mol. The number of hydrogen-bond acceptors (Lipinski definition) is 6. The lowest BCUT2D eigenvalue weighted by Crippen LogP contribution is -2.40. The van der Waals surface area contributed by atoms with E-state index in [-0.39, 0.29) is 11.5 Å². The number of para-hydroxylation sites is 1. The maximum absolute atomic E-state index is 13.9. The van der Waals surface area contributed by atoms with Crippen molar-refractivity contribution in [3.05, 3.63) is 125 Å². The number of rotatable bonds is 5. The molecule has 0 fully saturated rings. The van der Waals surface area contributed by atoms with E-state index in [0.717, 1.165) is 32.9 Å². The van der Waals surface area contributed by atoms with Gasteiger partial charge in [-0.25, -0.2) is 4.99 Å². The van der Waals surface area contributed by atoms with Crippen molar-refractivity contribution >= 4 is 40.3 Å². The zero-order valence-corrected chi connectivity index (χ0v) is 22.3. The highest BCUT2D eigenvalue weighted by Crippen LogP contribution is 2.33. The molecule has 0 unspecified atom stereocenters. The van der Waals surface area contributed by atoms with Gasteiger partial charge in [0.15, 0.2) is 4.80 Å². The van der Waals surface area contributed by atoms with Gasteiger partial charge in [0.25, 0.3) is 11.5 Å². The summed E-state index contributed by atoms with van der Waals surface area (Å²) in [6, 6.07) is 20.8. The van der Waals surface area contributed by atoms with Crippen molar-refractivity contribution in [2.75, 3.05) is 5.32 Å². The minimum absolute atomic E-state index is 0.193. The van der Waals surface area contributed by atoms with Crippen LogP contribution in [-0.4, -0.2) is 20.7 Å². The van der Waals surface area contributed by atoms with Crippen LogP contribution in [0.2, 0.25) is 0 Å². The summed E-state index contributed by atoms with van der Waals surface area (Å²) in [5.41, 5.74) is 5.17. The molecule has 6 rings (SSSR count). The van der Waals surface area contributed by atoms with Gasteiger partial charge in [0.05, 0.1) is 27.7 Å². The molecule has 3 aromatic heterocycles. The Labute approximate surface area is 226 Å². The molecule has 2 aromatic carbocycles. The Morgan fingerprint density at radius 1 is 1.05 bits per heavy atom. The van der Waals surface area contributed by atoms with E-state index in [1.165, 1.54) is 22.7 Å². The van der Waals surface area contributed by atoms with E-state index in [1.807, 2.05) is 92.0 Å². The summed E-state index contributed by atoms with van der Waals surface area (Å²) >= 11 is 2.83. The fourth-order valence-corrected chi connectivity index (χ4v) is 6.47. The van der Waals surface area contributed by atoms with Crippen LogP contribution in [0.25, 0.3) is 17.3 Å². The molecule has 4 heterocycles. The molecule has 1 atom stereocenters. The third-order valence-electron chi connectivity index (χ3n) is 6.49. The fraction of sp³-hybridized carbons (Fsp3) is 0.103. The molecule has 0 saturated heterocycles. The van der Waals surface area contributed by atoms with Crippen LogP contribution in [-0.2, 0) is 4.79 Å². The van der Waals surface area contributed by atoms with E-state index in [4.69, 9.17) is 4.99 Å². The normalized spacial score (nSPS) is 15.3. The Kier molecular flexibility index (Phi) is 6.22. The maximum Gasteiger partial charge on any atom is 0.271 e. The molecule has 0 aliphatic carbocycles. The zero-order chi connectivity index (χ0) is 26.2. The van der Waals surface area contributed by atoms with Gasteiger partial charge in [0.2, 0.25) is 0 Å². The van der Waals surface area contributed by atoms with Gasteiger partial charge in [-0.2, -0.15) is 5.10 Å². The average Bonchev–Trinajstić information content (AvgIpc) is 3.67. The fourth-order valence-electron chi connectivity index (χ4n) is 4.61. The largest absolute Gasteiger partial charge is 0.322 e. The molecule has 0 saturated carbocycles. The summed E-state index contributed by atoms with van der Waals surface area (Å²) in [4.78, 5) is 33.7. The predicted octanol–water partition coefficient (Wildman–Crippen LogP) is 4.63. The van der Waals surface area contributed by atoms with Crippen molar-refractivity contribution in [1.82, 2.24) is 14.8 Å². The first-order valence-electron chi connectivity index (χ1n) is 12.0. The molecule has 38 heavy (non-hydrogen) atoms. The van der Waals surface area contributed by atoms with Crippen molar-refractivity contribution in [3.63, 3.8) is 0 Å². The lowest BCUT2D eigenvalue weighted by Gasteiger charge is -2.24. The van der Waals surface area contributed by atoms with Gasteiger partial charge in [-0.15, -0.1) is 11.3 Å². The van der Waals surface area contributed by atoms with Crippen LogP contribution in [0.1, 0.15) is 29.0 Å². The minimum Gasteiger partial charge on any atom is -0.322 e. The van der Waals surface area contributed by atoms with Crippen LogP contribution in [0.15, 0.2) is 99.4 Å². The topological polar surface area (TPSA) is 92.1 Å². The van der Waals surface area contributed by atoms with Gasteiger partial charge < -0.3 is 5.32 Å². The number of thiophene rings is 1. The van der Waals surface area contributed by atoms with Crippen molar-refractivity contribution in [2.24, 2.45) is 4.99 Å². The van der Waals surface area contributed by atoms with Gasteiger partial charge in [0.1, 0.15) is 6.04 Å². The predicted molar refractivity (Wildman–Crippen MR) is 152 cm³/mol. The van der Waals surface area contributed by atoms with Crippen LogP contribution in [0.3, 0.4) is 0 Å². The number of aryl methyl sites for hydroxylation is 1. The van der Waals surface area contributed by atoms with Gasteiger partial charge in [-0.1, -0.05) is 65.9 Å². The third-order valence-corrected chi connectivity index (χ3v) is 8.40. The molecule has 0 spiro atoms. The van der Waals surface area contributed by atoms with Crippen molar-refractivity contribution < 1.29 is 4.79 Å². The second kappa shape index (κ2) is 9.85. The highest BCUT2D eigenvalue weighted by Gasteiger charge is 2.33. The van der Waals surface area contributed by atoms with Gasteiger partial charge in [-0.3, -0.25) is 19.3 Å². The molecule has 1 aliphatic heterocycles. The lowest BCUT2D eigenvalue weighted by atomic mass is 10.0. The SMILES string of the molecule is CC1=C(C(=O)Nc2ccccc2C)[C@H](c2cccs2)n2c(s/c(=C/c3cn[nH]c3-c3ccccc3)c2=O)=N1. The first-order chi connectivity index (χ1) is 18.5. The number of thiazole rings is 1. The Balaban J connectivity index is 1.48. The van der Waals surface area contributed by atoms with Gasteiger partial charge in [-0.05, 0) is 43.0 Å². The van der Waals surface area contributed by atoms with E-state index in [1.54, 1.807) is 10.8 Å². The van der Waals surface area contributed by atoms with Crippen molar-refractivity contribution in [2.45, 2.75) is 19.9 Å². The number of hydrogen-bond donors (Lipinski definition) is 2. The number of benzene rings is 2. The summed E-state index contributed by atoms with van der Waals surface area (Å²) < 4.78 is 2.17.